The third-order valence-corrected chi connectivity index (χ3v) is 2.92. The van der Waals surface area contributed by atoms with Crippen molar-refractivity contribution >= 4 is 0 Å². The van der Waals surface area contributed by atoms with Crippen LogP contribution >= 0.6 is 0 Å². The molecule has 4 nitrogen and oxygen atoms in total. The second-order valence-electron chi connectivity index (χ2n) is 6.52. The molecule has 0 radical (unpaired) electrons. The Balaban J connectivity index is 2.03. The van der Waals surface area contributed by atoms with Crippen molar-refractivity contribution in [2.75, 3.05) is 0 Å². The lowest BCUT2D eigenvalue weighted by molar-refractivity contribution is 0.242. The van der Waals surface area contributed by atoms with Crippen LogP contribution in [0.2, 0.25) is 0 Å². The first-order valence-electron chi connectivity index (χ1n) is 7.40. The molecule has 4 heteroatoms. The van der Waals surface area contributed by atoms with Crippen LogP contribution in [-0.2, 0) is 6.54 Å². The van der Waals surface area contributed by atoms with Crippen LogP contribution in [0.15, 0.2) is 36.5 Å². The van der Waals surface area contributed by atoms with Crippen LogP contribution in [0.3, 0.4) is 0 Å². The number of ether oxygens (including phenoxy) is 1. The van der Waals surface area contributed by atoms with Crippen LogP contribution in [-0.4, -0.2) is 21.4 Å². The summed E-state index contributed by atoms with van der Waals surface area (Å²) in [6, 6.07) is 10.0. The molecular weight excluding hydrogens is 262 g/mol. The number of hydrogen-bond donors (Lipinski definition) is 1. The molecule has 2 rings (SSSR count). The summed E-state index contributed by atoms with van der Waals surface area (Å²) in [4.78, 5) is 0. The first kappa shape index (κ1) is 15.6. The van der Waals surface area contributed by atoms with Crippen LogP contribution < -0.4 is 10.1 Å². The molecule has 0 saturated heterocycles. The summed E-state index contributed by atoms with van der Waals surface area (Å²) in [7, 11) is 0. The Kier molecular flexibility index (Phi) is 4.68. The fourth-order valence-corrected chi connectivity index (χ4v) is 1.91. The van der Waals surface area contributed by atoms with E-state index in [0.29, 0.717) is 0 Å². The van der Waals surface area contributed by atoms with E-state index in [4.69, 9.17) is 4.74 Å². The van der Waals surface area contributed by atoms with Gasteiger partial charge in [0.2, 0.25) is 0 Å². The van der Waals surface area contributed by atoms with Gasteiger partial charge in [-0.1, -0.05) is 0 Å². The van der Waals surface area contributed by atoms with Crippen LogP contribution in [0.25, 0.3) is 5.69 Å². The van der Waals surface area contributed by atoms with Crippen molar-refractivity contribution in [1.82, 2.24) is 15.1 Å². The smallest absolute Gasteiger partial charge is 0.119 e. The second kappa shape index (κ2) is 6.31. The van der Waals surface area contributed by atoms with Gasteiger partial charge in [0.1, 0.15) is 5.75 Å². The van der Waals surface area contributed by atoms with E-state index in [9.17, 15) is 0 Å². The van der Waals surface area contributed by atoms with E-state index in [1.165, 1.54) is 0 Å². The molecule has 2 aromatic rings. The molecule has 21 heavy (non-hydrogen) atoms. The Morgan fingerprint density at radius 1 is 1.14 bits per heavy atom. The van der Waals surface area contributed by atoms with E-state index in [-0.39, 0.29) is 11.6 Å². The van der Waals surface area contributed by atoms with Gasteiger partial charge in [0.05, 0.1) is 17.5 Å². The number of hydrogen-bond acceptors (Lipinski definition) is 3. The summed E-state index contributed by atoms with van der Waals surface area (Å²) in [6.45, 7) is 11.3. The average Bonchev–Trinajstić information content (AvgIpc) is 2.84. The summed E-state index contributed by atoms with van der Waals surface area (Å²) < 4.78 is 7.53. The number of rotatable bonds is 5. The van der Waals surface area contributed by atoms with Crippen molar-refractivity contribution in [2.45, 2.75) is 52.8 Å². The molecule has 0 aliphatic carbocycles. The zero-order valence-electron chi connectivity index (χ0n) is 13.6. The zero-order valence-corrected chi connectivity index (χ0v) is 13.6. The molecule has 1 aromatic carbocycles. The van der Waals surface area contributed by atoms with Crippen molar-refractivity contribution in [3.05, 3.63) is 42.2 Å². The van der Waals surface area contributed by atoms with Gasteiger partial charge in [0, 0.05) is 18.3 Å². The molecule has 114 valence electrons. The molecule has 0 unspecified atom stereocenters. The monoisotopic (exact) mass is 287 g/mol. The Labute approximate surface area is 127 Å². The van der Waals surface area contributed by atoms with Crippen LogP contribution in [0.4, 0.5) is 0 Å². The van der Waals surface area contributed by atoms with E-state index in [0.717, 1.165) is 23.7 Å². The van der Waals surface area contributed by atoms with Crippen molar-refractivity contribution in [3.63, 3.8) is 0 Å². The highest BCUT2D eigenvalue weighted by atomic mass is 16.5. The van der Waals surface area contributed by atoms with Crippen LogP contribution in [0.1, 0.15) is 40.3 Å². The molecule has 0 atom stereocenters. The molecule has 0 aliphatic rings. The number of nitrogens with zero attached hydrogens (tertiary/aromatic N) is 2. The van der Waals surface area contributed by atoms with E-state index in [2.05, 4.69) is 31.2 Å². The zero-order chi connectivity index (χ0) is 15.5. The topological polar surface area (TPSA) is 39.1 Å². The molecule has 0 amide bonds. The van der Waals surface area contributed by atoms with Gasteiger partial charge in [-0.15, -0.1) is 0 Å². The third-order valence-electron chi connectivity index (χ3n) is 2.92. The maximum absolute atomic E-state index is 5.65. The second-order valence-corrected chi connectivity index (χ2v) is 6.52. The van der Waals surface area contributed by atoms with Crippen molar-refractivity contribution < 1.29 is 4.74 Å². The van der Waals surface area contributed by atoms with Crippen molar-refractivity contribution in [3.8, 4) is 11.4 Å². The predicted octanol–water partition coefficient (Wildman–Crippen LogP) is 3.55. The SMILES string of the molecule is CC(C)Oc1ccc(-n2ccc(CNC(C)(C)C)n2)cc1. The highest BCUT2D eigenvalue weighted by Crippen LogP contribution is 2.16. The lowest BCUT2D eigenvalue weighted by atomic mass is 10.1. The predicted molar refractivity (Wildman–Crippen MR) is 85.9 cm³/mol. The van der Waals surface area contributed by atoms with Gasteiger partial charge in [-0.2, -0.15) is 5.10 Å². The standard InChI is InChI=1S/C17H25N3O/c1-13(2)21-16-8-6-15(7-9-16)20-11-10-14(19-20)12-18-17(3,4)5/h6-11,13,18H,12H2,1-5H3. The first-order valence-corrected chi connectivity index (χ1v) is 7.40. The molecule has 1 heterocycles. The minimum absolute atomic E-state index is 0.0968. The molecule has 1 N–H and O–H groups in total. The third kappa shape index (κ3) is 4.90. The minimum Gasteiger partial charge on any atom is -0.491 e. The fraction of sp³-hybridized carbons (Fsp3) is 0.471. The van der Waals surface area contributed by atoms with Crippen LogP contribution in [0.5, 0.6) is 5.75 Å². The summed E-state index contributed by atoms with van der Waals surface area (Å²) in [5.41, 5.74) is 2.17. The molecule has 0 fully saturated rings. The summed E-state index contributed by atoms with van der Waals surface area (Å²) in [6.07, 6.45) is 2.17. The lowest BCUT2D eigenvalue weighted by Crippen LogP contribution is -2.35. The highest BCUT2D eigenvalue weighted by molar-refractivity contribution is 5.37. The molecule has 1 aromatic heterocycles. The largest absolute Gasteiger partial charge is 0.491 e. The van der Waals surface area contributed by atoms with Gasteiger partial charge >= 0.3 is 0 Å². The van der Waals surface area contributed by atoms with E-state index >= 15 is 0 Å². The maximum Gasteiger partial charge on any atom is 0.119 e. The summed E-state index contributed by atoms with van der Waals surface area (Å²) in [5, 5.41) is 8.03. The van der Waals surface area contributed by atoms with E-state index < -0.39 is 0 Å². The van der Waals surface area contributed by atoms with Gasteiger partial charge in [-0.05, 0) is 65.0 Å². The molecule has 0 aliphatic heterocycles. The summed E-state index contributed by atoms with van der Waals surface area (Å²) >= 11 is 0. The summed E-state index contributed by atoms with van der Waals surface area (Å²) in [5.74, 6) is 0.885. The quantitative estimate of drug-likeness (QED) is 0.914. The Hall–Kier alpha value is -1.81. The van der Waals surface area contributed by atoms with Crippen molar-refractivity contribution in [2.24, 2.45) is 0 Å². The lowest BCUT2D eigenvalue weighted by Gasteiger charge is -2.19. The normalized spacial score (nSPS) is 11.9. The van der Waals surface area contributed by atoms with E-state index in [1.807, 2.05) is 55.1 Å². The van der Waals surface area contributed by atoms with Gasteiger partial charge < -0.3 is 10.1 Å². The molecule has 0 spiro atoms. The number of aromatic nitrogens is 2. The minimum atomic E-state index is 0.0968. The van der Waals surface area contributed by atoms with Gasteiger partial charge in [-0.25, -0.2) is 4.68 Å². The average molecular weight is 287 g/mol. The van der Waals surface area contributed by atoms with Gasteiger partial charge in [0.25, 0.3) is 0 Å². The Bertz CT molecular complexity index is 564. The van der Waals surface area contributed by atoms with Gasteiger partial charge in [-0.3, -0.25) is 0 Å². The molecule has 0 bridgehead atoms. The number of benzene rings is 1. The maximum atomic E-state index is 5.65. The van der Waals surface area contributed by atoms with E-state index in [1.54, 1.807) is 0 Å². The Morgan fingerprint density at radius 3 is 2.38 bits per heavy atom. The Morgan fingerprint density at radius 2 is 1.81 bits per heavy atom. The van der Waals surface area contributed by atoms with Gasteiger partial charge in [0.15, 0.2) is 0 Å². The van der Waals surface area contributed by atoms with Crippen molar-refractivity contribution in [1.29, 1.82) is 0 Å². The molecular formula is C17H25N3O. The highest BCUT2D eigenvalue weighted by Gasteiger charge is 2.10. The number of nitrogens with one attached hydrogen (secondary N) is 1. The first-order chi connectivity index (χ1) is 9.83. The molecule has 0 saturated carbocycles. The fourth-order valence-electron chi connectivity index (χ4n) is 1.91. The van der Waals surface area contributed by atoms with Crippen LogP contribution in [0, 0.1) is 0 Å².